The molecular weight excluding hydrogens is 203 g/mol. The van der Waals surface area contributed by atoms with Gasteiger partial charge in [0.05, 0.1) is 5.56 Å². The highest BCUT2D eigenvalue weighted by Gasteiger charge is 2.08. The van der Waals surface area contributed by atoms with Crippen molar-refractivity contribution in [2.45, 2.75) is 6.92 Å². The number of benzene rings is 2. The van der Waals surface area contributed by atoms with E-state index in [0.29, 0.717) is 5.56 Å². The molecule has 0 aromatic heterocycles. The van der Waals surface area contributed by atoms with Gasteiger partial charge in [-0.1, -0.05) is 30.3 Å². The molecule has 0 aliphatic rings. The van der Waals surface area contributed by atoms with Gasteiger partial charge in [-0.2, -0.15) is 0 Å². The first-order valence-corrected chi connectivity index (χ1v) is 4.42. The molecule has 76 valence electrons. The number of rotatable bonds is 1. The van der Waals surface area contributed by atoms with Crippen molar-refractivity contribution in [3.8, 4) is 0 Å². The fourth-order valence-electron chi connectivity index (χ4n) is 1.71. The molecule has 0 spiro atoms. The highest BCUT2D eigenvalue weighted by molar-refractivity contribution is 6.04. The molecule has 0 unspecified atom stereocenters. The summed E-state index contributed by atoms with van der Waals surface area (Å²) in [7, 11) is 0. The van der Waals surface area contributed by atoms with Gasteiger partial charge in [-0.05, 0) is 29.3 Å². The van der Waals surface area contributed by atoms with E-state index in [9.17, 15) is 4.79 Å². The Kier molecular flexibility index (Phi) is 3.52. The Labute approximate surface area is 98.7 Å². The molecule has 0 bridgehead atoms. The Morgan fingerprint density at radius 1 is 1.13 bits per heavy atom. The van der Waals surface area contributed by atoms with Crippen LogP contribution in [0.15, 0.2) is 36.4 Å². The normalized spacial score (nSPS) is 9.67. The van der Waals surface area contributed by atoms with E-state index in [1.165, 1.54) is 0 Å². The maximum Gasteiger partial charge on any atom is 0.336 e. The number of aryl methyl sites for hydroxylation is 1. The van der Waals surface area contributed by atoms with Crippen LogP contribution in [0.25, 0.3) is 10.8 Å². The predicted molar refractivity (Wildman–Crippen MR) is 65.6 cm³/mol. The van der Waals surface area contributed by atoms with Gasteiger partial charge in [-0.25, -0.2) is 4.79 Å². The summed E-state index contributed by atoms with van der Waals surface area (Å²) < 4.78 is 0. The van der Waals surface area contributed by atoms with Gasteiger partial charge < -0.3 is 5.11 Å². The average Bonchev–Trinajstić information content (AvgIpc) is 2.17. The largest absolute Gasteiger partial charge is 0.478 e. The number of hydrogen-bond donors (Lipinski definition) is 1. The molecule has 15 heavy (non-hydrogen) atoms. The summed E-state index contributed by atoms with van der Waals surface area (Å²) in [5.41, 5.74) is 1.38. The van der Waals surface area contributed by atoms with Crippen LogP contribution in [0.1, 0.15) is 15.9 Å². The van der Waals surface area contributed by atoms with E-state index in [0.717, 1.165) is 16.3 Å². The minimum absolute atomic E-state index is 0. The van der Waals surface area contributed by atoms with Crippen molar-refractivity contribution in [1.82, 2.24) is 0 Å². The van der Waals surface area contributed by atoms with Gasteiger partial charge in [0, 0.05) is 0 Å². The van der Waals surface area contributed by atoms with Crippen molar-refractivity contribution in [2.75, 3.05) is 0 Å². The van der Waals surface area contributed by atoms with Crippen LogP contribution in [-0.4, -0.2) is 28.4 Å². The fraction of sp³-hybridized carbons (Fsp3) is 0.0833. The highest BCUT2D eigenvalue weighted by Crippen LogP contribution is 2.22. The van der Waals surface area contributed by atoms with E-state index < -0.39 is 5.97 Å². The van der Waals surface area contributed by atoms with Gasteiger partial charge in [0.15, 0.2) is 17.4 Å². The predicted octanol–water partition coefficient (Wildman–Crippen LogP) is 1.66. The monoisotopic (exact) mass is 216 g/mol. The smallest absolute Gasteiger partial charge is 0.336 e. The third-order valence-electron chi connectivity index (χ3n) is 2.34. The SMILES string of the molecule is Cc1cccc2cccc(C(=O)O)c12.[AlH3]. The van der Waals surface area contributed by atoms with Crippen LogP contribution in [-0.2, 0) is 0 Å². The van der Waals surface area contributed by atoms with Crippen molar-refractivity contribution in [3.63, 3.8) is 0 Å². The van der Waals surface area contributed by atoms with Gasteiger partial charge in [-0.3, -0.25) is 0 Å². The second kappa shape index (κ2) is 4.48. The molecule has 2 nitrogen and oxygen atoms in total. The lowest BCUT2D eigenvalue weighted by atomic mass is 10.0. The maximum absolute atomic E-state index is 11.0. The molecule has 2 aromatic rings. The van der Waals surface area contributed by atoms with Gasteiger partial charge in [0.2, 0.25) is 0 Å². The van der Waals surface area contributed by atoms with Crippen molar-refractivity contribution in [2.24, 2.45) is 0 Å². The third kappa shape index (κ3) is 2.04. The molecule has 0 fully saturated rings. The topological polar surface area (TPSA) is 37.3 Å². The van der Waals surface area contributed by atoms with Crippen LogP contribution in [0.5, 0.6) is 0 Å². The lowest BCUT2D eigenvalue weighted by Crippen LogP contribution is -1.98. The van der Waals surface area contributed by atoms with Crippen LogP contribution in [0, 0.1) is 6.92 Å². The number of carbonyl (C=O) groups is 1. The Morgan fingerprint density at radius 3 is 2.33 bits per heavy atom. The molecule has 1 N–H and O–H groups in total. The van der Waals surface area contributed by atoms with E-state index in [4.69, 9.17) is 5.11 Å². The van der Waals surface area contributed by atoms with E-state index in [-0.39, 0.29) is 17.4 Å². The standard InChI is InChI=1S/C12H10O2.Al.3H/c1-8-4-2-5-9-6-3-7-10(11(8)9)12(13)14;;;;/h2-7H,1H3,(H,13,14);;;;. The summed E-state index contributed by atoms with van der Waals surface area (Å²) in [6.07, 6.45) is 0. The fourth-order valence-corrected chi connectivity index (χ4v) is 1.71. The van der Waals surface area contributed by atoms with Crippen molar-refractivity contribution >= 4 is 34.1 Å². The molecule has 3 heteroatoms. The van der Waals surface area contributed by atoms with Crippen molar-refractivity contribution in [3.05, 3.63) is 47.5 Å². The summed E-state index contributed by atoms with van der Waals surface area (Å²) in [6, 6.07) is 11.1. The summed E-state index contributed by atoms with van der Waals surface area (Å²) in [4.78, 5) is 11.0. The lowest BCUT2D eigenvalue weighted by Gasteiger charge is -2.04. The first-order chi connectivity index (χ1) is 6.70. The quantitative estimate of drug-likeness (QED) is 0.736. The molecule has 0 heterocycles. The molecule has 2 aromatic carbocycles. The average molecular weight is 216 g/mol. The number of fused-ring (bicyclic) bond motifs is 1. The zero-order valence-electron chi connectivity index (χ0n) is 7.82. The first-order valence-electron chi connectivity index (χ1n) is 4.42. The molecule has 0 aliphatic heterocycles. The van der Waals surface area contributed by atoms with Crippen LogP contribution < -0.4 is 0 Å². The summed E-state index contributed by atoms with van der Waals surface area (Å²) in [6.45, 7) is 1.93. The third-order valence-corrected chi connectivity index (χ3v) is 2.34. The maximum atomic E-state index is 11.0. The minimum atomic E-state index is -0.870. The molecule has 0 atom stereocenters. The first kappa shape index (κ1) is 11.8. The van der Waals surface area contributed by atoms with Gasteiger partial charge in [0.25, 0.3) is 0 Å². The number of hydrogen-bond acceptors (Lipinski definition) is 1. The number of aromatic carboxylic acids is 1. The second-order valence-corrected chi connectivity index (χ2v) is 3.28. The van der Waals surface area contributed by atoms with E-state index >= 15 is 0 Å². The van der Waals surface area contributed by atoms with Gasteiger partial charge in [0.1, 0.15) is 0 Å². The molecule has 0 radical (unpaired) electrons. The Morgan fingerprint density at radius 2 is 1.73 bits per heavy atom. The molecular formula is C12H13AlO2. The van der Waals surface area contributed by atoms with E-state index in [1.54, 1.807) is 12.1 Å². The van der Waals surface area contributed by atoms with Gasteiger partial charge >= 0.3 is 5.97 Å². The zero-order valence-corrected chi connectivity index (χ0v) is 7.82. The van der Waals surface area contributed by atoms with E-state index in [2.05, 4.69) is 0 Å². The second-order valence-electron chi connectivity index (χ2n) is 3.28. The Hall–Kier alpha value is -1.30. The van der Waals surface area contributed by atoms with Crippen LogP contribution in [0.3, 0.4) is 0 Å². The number of carboxylic acids is 1. The summed E-state index contributed by atoms with van der Waals surface area (Å²) in [5, 5.41) is 10.8. The van der Waals surface area contributed by atoms with Crippen LogP contribution >= 0.6 is 0 Å². The molecule has 0 saturated carbocycles. The summed E-state index contributed by atoms with van der Waals surface area (Å²) in [5.74, 6) is -0.870. The molecule has 0 aliphatic carbocycles. The van der Waals surface area contributed by atoms with E-state index in [1.807, 2.05) is 31.2 Å². The molecule has 0 saturated heterocycles. The number of carboxylic acid groups (broad SMARTS) is 1. The van der Waals surface area contributed by atoms with Crippen LogP contribution in [0.4, 0.5) is 0 Å². The van der Waals surface area contributed by atoms with Crippen molar-refractivity contribution in [1.29, 1.82) is 0 Å². The lowest BCUT2D eigenvalue weighted by molar-refractivity contribution is 0.0699. The highest BCUT2D eigenvalue weighted by atomic mass is 27.0. The van der Waals surface area contributed by atoms with Crippen molar-refractivity contribution < 1.29 is 9.90 Å². The Balaban J connectivity index is 0.00000112. The molecule has 2 rings (SSSR count). The minimum Gasteiger partial charge on any atom is -0.478 e. The summed E-state index contributed by atoms with van der Waals surface area (Å²) >= 11 is 0. The van der Waals surface area contributed by atoms with Crippen LogP contribution in [0.2, 0.25) is 0 Å². The Bertz CT molecular complexity index is 501. The van der Waals surface area contributed by atoms with Gasteiger partial charge in [-0.15, -0.1) is 0 Å². The zero-order chi connectivity index (χ0) is 10.1. The molecule has 0 amide bonds.